The molecule has 1 N–H and O–H groups in total. The van der Waals surface area contributed by atoms with Crippen molar-refractivity contribution in [3.8, 4) is 0 Å². The van der Waals surface area contributed by atoms with E-state index in [9.17, 15) is 8.42 Å². The van der Waals surface area contributed by atoms with Gasteiger partial charge in [0, 0.05) is 17.6 Å². The normalized spacial score (nSPS) is 13.6. The summed E-state index contributed by atoms with van der Waals surface area (Å²) in [6, 6.07) is 6.52. The summed E-state index contributed by atoms with van der Waals surface area (Å²) in [5, 5.41) is 0. The van der Waals surface area contributed by atoms with Gasteiger partial charge < -0.3 is 4.74 Å². The largest absolute Gasteiger partial charge is 0.383 e. The van der Waals surface area contributed by atoms with E-state index in [4.69, 9.17) is 4.74 Å². The van der Waals surface area contributed by atoms with Crippen LogP contribution in [0.4, 0.5) is 0 Å². The zero-order valence-corrected chi connectivity index (χ0v) is 12.2. The molecule has 0 aliphatic heterocycles. The SMILES string of the molecule is CCC(COC)NS(=O)(=O)c1ccccc1Br. The zero-order valence-electron chi connectivity index (χ0n) is 9.81. The molecule has 1 aromatic carbocycles. The van der Waals surface area contributed by atoms with E-state index in [-0.39, 0.29) is 10.9 Å². The molecule has 1 unspecified atom stereocenters. The van der Waals surface area contributed by atoms with Crippen molar-refractivity contribution in [1.82, 2.24) is 4.72 Å². The van der Waals surface area contributed by atoms with Crippen LogP contribution in [0, 0.1) is 0 Å². The highest BCUT2D eigenvalue weighted by atomic mass is 79.9. The summed E-state index contributed by atoms with van der Waals surface area (Å²) in [5.74, 6) is 0. The van der Waals surface area contributed by atoms with E-state index < -0.39 is 10.0 Å². The lowest BCUT2D eigenvalue weighted by Gasteiger charge is -2.16. The molecule has 0 saturated heterocycles. The van der Waals surface area contributed by atoms with Gasteiger partial charge in [-0.05, 0) is 34.5 Å². The van der Waals surface area contributed by atoms with Crippen LogP contribution in [0.1, 0.15) is 13.3 Å². The van der Waals surface area contributed by atoms with Gasteiger partial charge in [-0.25, -0.2) is 13.1 Å². The molecule has 0 fully saturated rings. The van der Waals surface area contributed by atoms with Crippen molar-refractivity contribution in [1.29, 1.82) is 0 Å². The fourth-order valence-corrected chi connectivity index (χ4v) is 3.69. The number of hydrogen-bond donors (Lipinski definition) is 1. The van der Waals surface area contributed by atoms with Gasteiger partial charge in [-0.2, -0.15) is 0 Å². The van der Waals surface area contributed by atoms with Crippen LogP contribution in [0.3, 0.4) is 0 Å². The molecule has 96 valence electrons. The zero-order chi connectivity index (χ0) is 12.9. The van der Waals surface area contributed by atoms with Crippen LogP contribution in [0.25, 0.3) is 0 Å². The topological polar surface area (TPSA) is 55.4 Å². The lowest BCUT2D eigenvalue weighted by molar-refractivity contribution is 0.173. The van der Waals surface area contributed by atoms with E-state index in [1.165, 1.54) is 0 Å². The van der Waals surface area contributed by atoms with E-state index in [2.05, 4.69) is 20.7 Å². The Labute approximate surface area is 111 Å². The summed E-state index contributed by atoms with van der Waals surface area (Å²) in [5.41, 5.74) is 0. The second-order valence-electron chi connectivity index (χ2n) is 3.61. The number of hydrogen-bond acceptors (Lipinski definition) is 3. The highest BCUT2D eigenvalue weighted by Gasteiger charge is 2.20. The Morgan fingerprint density at radius 3 is 2.59 bits per heavy atom. The molecule has 1 aromatic rings. The van der Waals surface area contributed by atoms with Gasteiger partial charge in [-0.15, -0.1) is 0 Å². The third-order valence-corrected chi connectivity index (χ3v) is 4.84. The summed E-state index contributed by atoms with van der Waals surface area (Å²) >= 11 is 3.23. The average Bonchev–Trinajstić information content (AvgIpc) is 2.28. The predicted molar refractivity (Wildman–Crippen MR) is 70.4 cm³/mol. The first-order valence-corrected chi connectivity index (χ1v) is 7.54. The van der Waals surface area contributed by atoms with Crippen molar-refractivity contribution in [2.45, 2.75) is 24.3 Å². The first-order valence-electron chi connectivity index (χ1n) is 5.27. The van der Waals surface area contributed by atoms with Gasteiger partial charge in [-0.1, -0.05) is 19.1 Å². The average molecular weight is 322 g/mol. The van der Waals surface area contributed by atoms with Crippen molar-refractivity contribution in [3.63, 3.8) is 0 Å². The molecule has 0 saturated carbocycles. The minimum Gasteiger partial charge on any atom is -0.383 e. The third kappa shape index (κ3) is 4.06. The molecule has 0 bridgehead atoms. The fourth-order valence-electron chi connectivity index (χ4n) is 1.38. The maximum Gasteiger partial charge on any atom is 0.242 e. The van der Waals surface area contributed by atoms with Crippen LogP contribution in [-0.4, -0.2) is 28.2 Å². The molecule has 0 amide bonds. The smallest absolute Gasteiger partial charge is 0.242 e. The van der Waals surface area contributed by atoms with Gasteiger partial charge >= 0.3 is 0 Å². The van der Waals surface area contributed by atoms with Crippen molar-refractivity contribution >= 4 is 26.0 Å². The minimum absolute atomic E-state index is 0.211. The number of halogens is 1. The van der Waals surface area contributed by atoms with E-state index >= 15 is 0 Å². The monoisotopic (exact) mass is 321 g/mol. The van der Waals surface area contributed by atoms with E-state index in [0.29, 0.717) is 17.5 Å². The number of sulfonamides is 1. The molecule has 1 rings (SSSR count). The summed E-state index contributed by atoms with van der Waals surface area (Å²) < 4.78 is 32.3. The highest BCUT2D eigenvalue weighted by Crippen LogP contribution is 2.21. The Hall–Kier alpha value is -0.430. The standard InChI is InChI=1S/C11H16BrNO3S/c1-3-9(8-16-2)13-17(14,15)11-7-5-4-6-10(11)12/h4-7,9,13H,3,8H2,1-2H3. The molecule has 0 radical (unpaired) electrons. The van der Waals surface area contributed by atoms with Gasteiger partial charge in [-0.3, -0.25) is 0 Å². The quantitative estimate of drug-likeness (QED) is 0.873. The first-order chi connectivity index (χ1) is 8.01. The van der Waals surface area contributed by atoms with Crippen LogP contribution in [0.2, 0.25) is 0 Å². The lowest BCUT2D eigenvalue weighted by Crippen LogP contribution is -2.37. The molecule has 0 heterocycles. The summed E-state index contributed by atoms with van der Waals surface area (Å²) in [6.45, 7) is 2.27. The lowest BCUT2D eigenvalue weighted by atomic mass is 10.3. The van der Waals surface area contributed by atoms with Crippen molar-refractivity contribution in [3.05, 3.63) is 28.7 Å². The van der Waals surface area contributed by atoms with Gasteiger partial charge in [0.1, 0.15) is 0 Å². The van der Waals surface area contributed by atoms with E-state index in [0.717, 1.165) is 0 Å². The molecular formula is C11H16BrNO3S. The minimum atomic E-state index is -3.50. The molecule has 0 aromatic heterocycles. The summed E-state index contributed by atoms with van der Waals surface area (Å²) in [7, 11) is -1.95. The number of nitrogens with one attached hydrogen (secondary N) is 1. The van der Waals surface area contributed by atoms with Gasteiger partial charge in [0.05, 0.1) is 11.5 Å². The maximum atomic E-state index is 12.1. The molecule has 6 heteroatoms. The Morgan fingerprint density at radius 1 is 1.41 bits per heavy atom. The molecule has 0 spiro atoms. The second-order valence-corrected chi connectivity index (χ2v) is 6.15. The van der Waals surface area contributed by atoms with Crippen LogP contribution < -0.4 is 4.72 Å². The maximum absolute atomic E-state index is 12.1. The molecule has 0 aliphatic rings. The Morgan fingerprint density at radius 2 is 2.06 bits per heavy atom. The number of rotatable bonds is 6. The van der Waals surface area contributed by atoms with Crippen molar-refractivity contribution in [2.75, 3.05) is 13.7 Å². The summed E-state index contributed by atoms with van der Waals surface area (Å²) in [4.78, 5) is 0.245. The third-order valence-electron chi connectivity index (χ3n) is 2.31. The number of methoxy groups -OCH3 is 1. The molecular weight excluding hydrogens is 306 g/mol. The molecule has 17 heavy (non-hydrogen) atoms. The van der Waals surface area contributed by atoms with Crippen LogP contribution in [0.5, 0.6) is 0 Å². The van der Waals surface area contributed by atoms with Gasteiger partial charge in [0.25, 0.3) is 0 Å². The molecule has 4 nitrogen and oxygen atoms in total. The highest BCUT2D eigenvalue weighted by molar-refractivity contribution is 9.10. The number of benzene rings is 1. The Bertz CT molecular complexity index is 462. The van der Waals surface area contributed by atoms with Crippen LogP contribution >= 0.6 is 15.9 Å². The fraction of sp³-hybridized carbons (Fsp3) is 0.455. The Kier molecular flexibility index (Phi) is 5.58. The van der Waals surface area contributed by atoms with Crippen LogP contribution in [-0.2, 0) is 14.8 Å². The summed E-state index contributed by atoms with van der Waals surface area (Å²) in [6.07, 6.45) is 0.678. The van der Waals surface area contributed by atoms with Crippen molar-refractivity contribution in [2.24, 2.45) is 0 Å². The van der Waals surface area contributed by atoms with E-state index in [1.54, 1.807) is 31.4 Å². The molecule has 0 aliphatic carbocycles. The first kappa shape index (κ1) is 14.6. The predicted octanol–water partition coefficient (Wildman–Crippen LogP) is 2.15. The second kappa shape index (κ2) is 6.49. The van der Waals surface area contributed by atoms with Gasteiger partial charge in [0.15, 0.2) is 0 Å². The van der Waals surface area contributed by atoms with Gasteiger partial charge in [0.2, 0.25) is 10.0 Å². The number of ether oxygens (including phenoxy) is 1. The Balaban J connectivity index is 2.92. The molecule has 1 atom stereocenters. The van der Waals surface area contributed by atoms with E-state index in [1.807, 2.05) is 6.92 Å². The van der Waals surface area contributed by atoms with Crippen molar-refractivity contribution < 1.29 is 13.2 Å². The van der Waals surface area contributed by atoms with Crippen LogP contribution in [0.15, 0.2) is 33.6 Å².